The molecule has 1 saturated heterocycles. The van der Waals surface area contributed by atoms with Crippen LogP contribution in [0.3, 0.4) is 0 Å². The van der Waals surface area contributed by atoms with Crippen molar-refractivity contribution in [2.75, 3.05) is 13.1 Å². The number of nitrogens with two attached hydrogens (primary N) is 1. The lowest BCUT2D eigenvalue weighted by molar-refractivity contribution is -0.130. The monoisotopic (exact) mass is 317 g/mol. The Morgan fingerprint density at radius 2 is 2.30 bits per heavy atom. The van der Waals surface area contributed by atoms with Gasteiger partial charge in [-0.05, 0) is 25.7 Å². The Labute approximate surface area is 131 Å². The van der Waals surface area contributed by atoms with E-state index in [1.165, 1.54) is 4.88 Å². The Morgan fingerprint density at radius 1 is 1.55 bits per heavy atom. The minimum atomic E-state index is 0. The fraction of sp³-hybridized carbons (Fsp3) is 0.714. The van der Waals surface area contributed by atoms with Crippen molar-refractivity contribution in [3.63, 3.8) is 0 Å². The van der Waals surface area contributed by atoms with Crippen molar-refractivity contribution in [2.24, 2.45) is 11.7 Å². The fourth-order valence-corrected chi connectivity index (χ4v) is 3.50. The molecule has 2 atom stereocenters. The highest BCUT2D eigenvalue weighted by molar-refractivity contribution is 7.09. The maximum atomic E-state index is 12.2. The topological polar surface area (TPSA) is 59.2 Å². The molecule has 4 nitrogen and oxygen atoms in total. The zero-order valence-corrected chi connectivity index (χ0v) is 13.8. The fourth-order valence-electron chi connectivity index (χ4n) is 2.72. The third-order valence-corrected chi connectivity index (χ3v) is 4.91. The van der Waals surface area contributed by atoms with Crippen LogP contribution in [-0.2, 0) is 11.2 Å². The predicted octanol–water partition coefficient (Wildman–Crippen LogP) is 2.39. The molecule has 1 aliphatic rings. The molecule has 1 amide bonds. The van der Waals surface area contributed by atoms with E-state index in [4.69, 9.17) is 5.73 Å². The van der Waals surface area contributed by atoms with Gasteiger partial charge in [0.1, 0.15) is 0 Å². The summed E-state index contributed by atoms with van der Waals surface area (Å²) in [7, 11) is 0. The van der Waals surface area contributed by atoms with Gasteiger partial charge in [0.15, 0.2) is 0 Å². The number of carbonyl (C=O) groups is 1. The number of halogens is 1. The van der Waals surface area contributed by atoms with Crippen LogP contribution in [0.4, 0.5) is 0 Å². The number of thiazole rings is 1. The van der Waals surface area contributed by atoms with E-state index in [1.54, 1.807) is 11.3 Å². The van der Waals surface area contributed by atoms with Gasteiger partial charge in [0.25, 0.3) is 0 Å². The molecule has 0 aromatic carbocycles. The second kappa shape index (κ2) is 7.96. The molecule has 6 heteroatoms. The summed E-state index contributed by atoms with van der Waals surface area (Å²) in [5.74, 6) is 0.723. The van der Waals surface area contributed by atoms with Gasteiger partial charge in [-0.2, -0.15) is 0 Å². The first kappa shape index (κ1) is 17.4. The van der Waals surface area contributed by atoms with E-state index >= 15 is 0 Å². The normalized spacial score (nSPS) is 21.9. The van der Waals surface area contributed by atoms with Gasteiger partial charge in [0, 0.05) is 30.4 Å². The summed E-state index contributed by atoms with van der Waals surface area (Å²) in [4.78, 5) is 19.6. The molecule has 0 unspecified atom stereocenters. The maximum Gasteiger partial charge on any atom is 0.222 e. The summed E-state index contributed by atoms with van der Waals surface area (Å²) in [6, 6.07) is 0.161. The molecule has 1 fully saturated rings. The van der Waals surface area contributed by atoms with Crippen LogP contribution in [0.2, 0.25) is 0 Å². The number of aryl methyl sites for hydroxylation is 2. The largest absolute Gasteiger partial charge is 0.341 e. The van der Waals surface area contributed by atoms with Gasteiger partial charge in [-0.25, -0.2) is 4.98 Å². The Hall–Kier alpha value is -0.650. The molecule has 2 rings (SSSR count). The summed E-state index contributed by atoms with van der Waals surface area (Å²) in [5.41, 5.74) is 9.01. The molecule has 1 aromatic rings. The van der Waals surface area contributed by atoms with Crippen LogP contribution in [0.1, 0.15) is 36.8 Å². The first-order valence-electron chi connectivity index (χ1n) is 7.04. The van der Waals surface area contributed by atoms with Crippen molar-refractivity contribution in [1.82, 2.24) is 9.88 Å². The number of hydrogen-bond acceptors (Lipinski definition) is 4. The van der Waals surface area contributed by atoms with Crippen LogP contribution in [0, 0.1) is 12.8 Å². The van der Waals surface area contributed by atoms with Crippen LogP contribution in [0.15, 0.2) is 5.51 Å². The van der Waals surface area contributed by atoms with Crippen LogP contribution < -0.4 is 5.73 Å². The van der Waals surface area contributed by atoms with E-state index in [1.807, 2.05) is 17.3 Å². The molecule has 0 bridgehead atoms. The molecule has 1 aliphatic heterocycles. The van der Waals surface area contributed by atoms with E-state index in [0.29, 0.717) is 12.3 Å². The van der Waals surface area contributed by atoms with Crippen molar-refractivity contribution >= 4 is 29.7 Å². The number of hydrogen-bond donors (Lipinski definition) is 1. The molecule has 0 saturated carbocycles. The first-order valence-corrected chi connectivity index (χ1v) is 7.92. The van der Waals surface area contributed by atoms with Gasteiger partial charge in [-0.1, -0.05) is 13.3 Å². The number of amides is 1. The molecule has 1 aromatic heterocycles. The summed E-state index contributed by atoms with van der Waals surface area (Å²) in [6.07, 6.45) is 3.65. The molecular weight excluding hydrogens is 294 g/mol. The molecule has 0 aliphatic carbocycles. The highest BCUT2D eigenvalue weighted by atomic mass is 35.5. The lowest BCUT2D eigenvalue weighted by atomic mass is 9.99. The van der Waals surface area contributed by atoms with Crippen LogP contribution in [0.25, 0.3) is 0 Å². The Bertz CT molecular complexity index is 438. The Kier molecular flexibility index (Phi) is 6.92. The van der Waals surface area contributed by atoms with Gasteiger partial charge in [-0.15, -0.1) is 23.7 Å². The summed E-state index contributed by atoms with van der Waals surface area (Å²) in [6.45, 7) is 5.74. The summed E-state index contributed by atoms with van der Waals surface area (Å²) in [5, 5.41) is 0. The van der Waals surface area contributed by atoms with Crippen LogP contribution in [-0.4, -0.2) is 34.9 Å². The van der Waals surface area contributed by atoms with Gasteiger partial charge >= 0.3 is 0 Å². The zero-order valence-electron chi connectivity index (χ0n) is 12.2. The Balaban J connectivity index is 0.00000200. The van der Waals surface area contributed by atoms with Gasteiger partial charge < -0.3 is 10.6 Å². The minimum absolute atomic E-state index is 0. The third-order valence-electron chi connectivity index (χ3n) is 3.91. The maximum absolute atomic E-state index is 12.2. The average molecular weight is 318 g/mol. The zero-order chi connectivity index (χ0) is 13.8. The minimum Gasteiger partial charge on any atom is -0.341 e. The van der Waals surface area contributed by atoms with Gasteiger partial charge in [0.2, 0.25) is 5.91 Å². The van der Waals surface area contributed by atoms with Gasteiger partial charge in [0.05, 0.1) is 11.2 Å². The van der Waals surface area contributed by atoms with Crippen molar-refractivity contribution in [1.29, 1.82) is 0 Å². The van der Waals surface area contributed by atoms with Crippen molar-refractivity contribution in [2.45, 2.75) is 45.6 Å². The highest BCUT2D eigenvalue weighted by Crippen LogP contribution is 2.22. The number of likely N-dealkylation sites (tertiary alicyclic amines) is 1. The van der Waals surface area contributed by atoms with Crippen molar-refractivity contribution < 1.29 is 4.79 Å². The van der Waals surface area contributed by atoms with Crippen molar-refractivity contribution in [3.05, 3.63) is 16.1 Å². The molecule has 114 valence electrons. The number of carbonyl (C=O) groups excluding carboxylic acids is 1. The quantitative estimate of drug-likeness (QED) is 0.907. The third kappa shape index (κ3) is 4.17. The molecule has 0 spiro atoms. The SMILES string of the molecule is CCC[C@H]1CN(C(=O)CCc2scnc2C)C[C@@H]1N.Cl. The predicted molar refractivity (Wildman–Crippen MR) is 85.4 cm³/mol. The number of rotatable bonds is 5. The molecule has 0 radical (unpaired) electrons. The first-order chi connectivity index (χ1) is 9.11. The molecule has 2 N–H and O–H groups in total. The summed E-state index contributed by atoms with van der Waals surface area (Å²) >= 11 is 1.64. The Morgan fingerprint density at radius 3 is 2.90 bits per heavy atom. The van der Waals surface area contributed by atoms with E-state index < -0.39 is 0 Å². The van der Waals surface area contributed by atoms with E-state index in [-0.39, 0.29) is 24.4 Å². The lowest BCUT2D eigenvalue weighted by Crippen LogP contribution is -2.32. The number of aromatic nitrogens is 1. The van der Waals surface area contributed by atoms with Crippen LogP contribution in [0.5, 0.6) is 0 Å². The second-order valence-corrected chi connectivity index (χ2v) is 6.31. The second-order valence-electron chi connectivity index (χ2n) is 5.37. The van der Waals surface area contributed by atoms with Crippen molar-refractivity contribution in [3.8, 4) is 0 Å². The lowest BCUT2D eigenvalue weighted by Gasteiger charge is -2.16. The van der Waals surface area contributed by atoms with E-state index in [0.717, 1.165) is 38.0 Å². The molecule has 20 heavy (non-hydrogen) atoms. The smallest absolute Gasteiger partial charge is 0.222 e. The van der Waals surface area contributed by atoms with Gasteiger partial charge in [-0.3, -0.25) is 4.79 Å². The molecule has 2 heterocycles. The van der Waals surface area contributed by atoms with Crippen LogP contribution >= 0.6 is 23.7 Å². The average Bonchev–Trinajstić information content (AvgIpc) is 2.94. The molecular formula is C14H24ClN3OS. The standard InChI is InChI=1S/C14H23N3OS.ClH/c1-3-4-11-7-17(8-12(11)15)14(18)6-5-13-10(2)16-9-19-13;/h9,11-12H,3-8,15H2,1-2H3;1H/t11-,12-;/m0./s1. The van der Waals surface area contributed by atoms with E-state index in [9.17, 15) is 4.79 Å². The summed E-state index contributed by atoms with van der Waals surface area (Å²) < 4.78 is 0. The van der Waals surface area contributed by atoms with E-state index in [2.05, 4.69) is 11.9 Å². The highest BCUT2D eigenvalue weighted by Gasteiger charge is 2.31. The number of nitrogens with zero attached hydrogens (tertiary/aromatic N) is 2.